The molecule has 1 aliphatic heterocycles. The van der Waals surface area contributed by atoms with Gasteiger partial charge in [0.05, 0.1) is 17.3 Å². The number of piperazine rings is 1. The molecule has 0 unspecified atom stereocenters. The molecule has 0 spiro atoms. The summed E-state index contributed by atoms with van der Waals surface area (Å²) in [4.78, 5) is 9.65. The Labute approximate surface area is 175 Å². The van der Waals surface area contributed by atoms with Gasteiger partial charge in [0, 0.05) is 49.2 Å². The first kappa shape index (κ1) is 18.0. The molecule has 5 rings (SSSR count). The van der Waals surface area contributed by atoms with Crippen LogP contribution in [0.15, 0.2) is 72.8 Å². The first-order chi connectivity index (χ1) is 14.3. The zero-order valence-corrected chi connectivity index (χ0v) is 17.2. The smallest absolute Gasteiger partial charge is 0.124 e. The van der Waals surface area contributed by atoms with Crippen LogP contribution < -0.4 is 14.5 Å². The summed E-state index contributed by atoms with van der Waals surface area (Å²) in [7, 11) is 1.72. The summed E-state index contributed by atoms with van der Waals surface area (Å²) in [6.07, 6.45) is 0. The van der Waals surface area contributed by atoms with E-state index in [1.54, 1.807) is 18.4 Å². The Balaban J connectivity index is 1.27. The number of hydrogen-bond acceptors (Lipinski definition) is 5. The van der Waals surface area contributed by atoms with Crippen molar-refractivity contribution in [1.82, 2.24) is 4.98 Å². The van der Waals surface area contributed by atoms with Gasteiger partial charge < -0.3 is 14.5 Å². The second-order valence-electron chi connectivity index (χ2n) is 7.21. The molecule has 0 radical (unpaired) electrons. The highest BCUT2D eigenvalue weighted by molar-refractivity contribution is 7.21. The van der Waals surface area contributed by atoms with Gasteiger partial charge in [-0.1, -0.05) is 18.2 Å². The first-order valence-corrected chi connectivity index (χ1v) is 10.7. The van der Waals surface area contributed by atoms with Crippen LogP contribution in [0.25, 0.3) is 20.8 Å². The fraction of sp³-hybridized carbons (Fsp3) is 0.208. The number of benzene rings is 3. The second kappa shape index (κ2) is 7.76. The fourth-order valence-corrected chi connectivity index (χ4v) is 4.81. The van der Waals surface area contributed by atoms with Crippen LogP contribution in [-0.2, 0) is 0 Å². The lowest BCUT2D eigenvalue weighted by Crippen LogP contribution is -2.46. The molecule has 2 heterocycles. The maximum absolute atomic E-state index is 5.36. The highest BCUT2D eigenvalue weighted by Crippen LogP contribution is 2.31. The van der Waals surface area contributed by atoms with Gasteiger partial charge in [-0.15, -0.1) is 11.3 Å². The Morgan fingerprint density at radius 3 is 2.24 bits per heavy atom. The van der Waals surface area contributed by atoms with E-state index in [0.717, 1.165) is 42.5 Å². The molecule has 1 saturated heterocycles. The molecule has 0 bridgehead atoms. The number of ether oxygens (including phenoxy) is 1. The molecular weight excluding hydrogens is 378 g/mol. The Kier molecular flexibility index (Phi) is 4.82. The number of rotatable bonds is 4. The van der Waals surface area contributed by atoms with E-state index in [2.05, 4.69) is 70.5 Å². The summed E-state index contributed by atoms with van der Waals surface area (Å²) in [5.41, 5.74) is 4.77. The molecule has 0 saturated carbocycles. The number of nitrogens with zero attached hydrogens (tertiary/aromatic N) is 3. The van der Waals surface area contributed by atoms with Gasteiger partial charge in [0.15, 0.2) is 0 Å². The summed E-state index contributed by atoms with van der Waals surface area (Å²) in [6.45, 7) is 4.04. The first-order valence-electron chi connectivity index (χ1n) is 9.90. The molecule has 5 heteroatoms. The Morgan fingerprint density at radius 1 is 0.793 bits per heavy atom. The highest BCUT2D eigenvalue weighted by atomic mass is 32.1. The topological polar surface area (TPSA) is 28.6 Å². The molecule has 0 amide bonds. The Bertz CT molecular complexity index is 1080. The van der Waals surface area contributed by atoms with Gasteiger partial charge in [0.1, 0.15) is 10.8 Å². The predicted octanol–water partition coefficient (Wildman–Crippen LogP) is 5.30. The van der Waals surface area contributed by atoms with Crippen LogP contribution in [0.4, 0.5) is 11.4 Å². The number of para-hydroxylation sites is 1. The summed E-state index contributed by atoms with van der Waals surface area (Å²) in [5.74, 6) is 0.912. The van der Waals surface area contributed by atoms with Gasteiger partial charge in [-0.25, -0.2) is 4.98 Å². The SMILES string of the molecule is COc1cccc(N2CCN(c3ccc(-c4nc5ccccc5s4)cc3)CC2)c1. The zero-order chi connectivity index (χ0) is 19.6. The van der Waals surface area contributed by atoms with Crippen molar-refractivity contribution in [2.75, 3.05) is 43.1 Å². The lowest BCUT2D eigenvalue weighted by molar-refractivity contribution is 0.414. The van der Waals surface area contributed by atoms with E-state index in [1.165, 1.54) is 21.6 Å². The van der Waals surface area contributed by atoms with Crippen molar-refractivity contribution >= 4 is 32.9 Å². The van der Waals surface area contributed by atoms with Gasteiger partial charge >= 0.3 is 0 Å². The number of methoxy groups -OCH3 is 1. The van der Waals surface area contributed by atoms with Crippen molar-refractivity contribution in [3.8, 4) is 16.3 Å². The molecule has 1 aliphatic rings. The third-order valence-corrected chi connectivity index (χ3v) is 6.56. The number of fused-ring (bicyclic) bond motifs is 1. The normalized spacial score (nSPS) is 14.4. The molecule has 4 aromatic rings. The van der Waals surface area contributed by atoms with E-state index >= 15 is 0 Å². The quantitative estimate of drug-likeness (QED) is 0.464. The van der Waals surface area contributed by atoms with Crippen LogP contribution in [0.3, 0.4) is 0 Å². The molecule has 0 N–H and O–H groups in total. The van der Waals surface area contributed by atoms with Crippen LogP contribution in [0, 0.1) is 0 Å². The number of anilines is 2. The molecule has 3 aromatic carbocycles. The molecule has 1 fully saturated rings. The third-order valence-electron chi connectivity index (χ3n) is 5.47. The van der Waals surface area contributed by atoms with Gasteiger partial charge in [-0.05, 0) is 48.5 Å². The summed E-state index contributed by atoms with van der Waals surface area (Å²) >= 11 is 1.75. The van der Waals surface area contributed by atoms with E-state index < -0.39 is 0 Å². The molecule has 29 heavy (non-hydrogen) atoms. The van der Waals surface area contributed by atoms with E-state index in [-0.39, 0.29) is 0 Å². The maximum atomic E-state index is 5.36. The van der Waals surface area contributed by atoms with Gasteiger partial charge in [-0.3, -0.25) is 0 Å². The summed E-state index contributed by atoms with van der Waals surface area (Å²) in [6, 6.07) is 25.5. The second-order valence-corrected chi connectivity index (χ2v) is 8.24. The Hall–Kier alpha value is -3.05. The monoisotopic (exact) mass is 401 g/mol. The summed E-state index contributed by atoms with van der Waals surface area (Å²) < 4.78 is 6.60. The lowest BCUT2D eigenvalue weighted by Gasteiger charge is -2.37. The molecule has 0 aliphatic carbocycles. The number of thiazole rings is 1. The average molecular weight is 402 g/mol. The van der Waals surface area contributed by atoms with Crippen molar-refractivity contribution < 1.29 is 4.74 Å². The average Bonchev–Trinajstić information content (AvgIpc) is 3.24. The van der Waals surface area contributed by atoms with E-state index in [9.17, 15) is 0 Å². The summed E-state index contributed by atoms with van der Waals surface area (Å²) in [5, 5.41) is 1.08. The number of aromatic nitrogens is 1. The van der Waals surface area contributed by atoms with E-state index in [0.29, 0.717) is 0 Å². The maximum Gasteiger partial charge on any atom is 0.124 e. The third kappa shape index (κ3) is 3.66. The molecule has 0 atom stereocenters. The van der Waals surface area contributed by atoms with Gasteiger partial charge in [-0.2, -0.15) is 0 Å². The minimum Gasteiger partial charge on any atom is -0.497 e. The molecule has 146 valence electrons. The van der Waals surface area contributed by atoms with Crippen molar-refractivity contribution in [2.45, 2.75) is 0 Å². The zero-order valence-electron chi connectivity index (χ0n) is 16.4. The number of hydrogen-bond donors (Lipinski definition) is 0. The predicted molar refractivity (Wildman–Crippen MR) is 122 cm³/mol. The molecule has 1 aromatic heterocycles. The molecular formula is C24H23N3OS. The van der Waals surface area contributed by atoms with Crippen molar-refractivity contribution in [2.24, 2.45) is 0 Å². The standard InChI is InChI=1S/C24H23N3OS/c1-28-21-6-4-5-20(17-21)27-15-13-26(14-16-27)19-11-9-18(10-12-19)24-25-22-7-2-3-8-23(22)29-24/h2-12,17H,13-16H2,1H3. The van der Waals surface area contributed by atoms with Crippen LogP contribution in [0.1, 0.15) is 0 Å². The van der Waals surface area contributed by atoms with Crippen LogP contribution in [0.5, 0.6) is 5.75 Å². The van der Waals surface area contributed by atoms with E-state index in [1.807, 2.05) is 12.1 Å². The Morgan fingerprint density at radius 2 is 1.52 bits per heavy atom. The van der Waals surface area contributed by atoms with Crippen molar-refractivity contribution in [3.05, 3.63) is 72.8 Å². The minimum absolute atomic E-state index is 0.912. The van der Waals surface area contributed by atoms with Crippen LogP contribution in [0.2, 0.25) is 0 Å². The van der Waals surface area contributed by atoms with Crippen molar-refractivity contribution in [3.63, 3.8) is 0 Å². The fourth-order valence-electron chi connectivity index (χ4n) is 3.84. The van der Waals surface area contributed by atoms with Crippen molar-refractivity contribution in [1.29, 1.82) is 0 Å². The van der Waals surface area contributed by atoms with Gasteiger partial charge in [0.2, 0.25) is 0 Å². The van der Waals surface area contributed by atoms with Crippen LogP contribution in [-0.4, -0.2) is 38.3 Å². The highest BCUT2D eigenvalue weighted by Gasteiger charge is 2.18. The van der Waals surface area contributed by atoms with E-state index in [4.69, 9.17) is 9.72 Å². The van der Waals surface area contributed by atoms with Crippen LogP contribution >= 0.6 is 11.3 Å². The lowest BCUT2D eigenvalue weighted by atomic mass is 10.1. The minimum atomic E-state index is 0.912. The molecule has 4 nitrogen and oxygen atoms in total. The largest absolute Gasteiger partial charge is 0.497 e. The van der Waals surface area contributed by atoms with Gasteiger partial charge in [0.25, 0.3) is 0 Å².